The Morgan fingerprint density at radius 2 is 1.70 bits per heavy atom. The Morgan fingerprint density at radius 1 is 1.05 bits per heavy atom. The van der Waals surface area contributed by atoms with Gasteiger partial charge in [-0.15, -0.1) is 11.8 Å². The van der Waals surface area contributed by atoms with Gasteiger partial charge < -0.3 is 10.6 Å². The third kappa shape index (κ3) is 2.85. The van der Waals surface area contributed by atoms with Crippen LogP contribution in [0.4, 0.5) is 22.7 Å². The second-order valence-corrected chi connectivity index (χ2v) is 4.88. The first kappa shape index (κ1) is 14.2. The molecule has 0 saturated heterocycles. The van der Waals surface area contributed by atoms with Crippen molar-refractivity contribution in [1.82, 2.24) is 0 Å². The minimum atomic E-state index is -0.379. The average Bonchev–Trinajstić information content (AvgIpc) is 2.47. The predicted octanol–water partition coefficient (Wildman–Crippen LogP) is 4.10. The molecule has 0 fully saturated rings. The van der Waals surface area contributed by atoms with E-state index in [2.05, 4.69) is 10.6 Å². The lowest BCUT2D eigenvalue weighted by Gasteiger charge is -2.12. The normalized spacial score (nSPS) is 10.1. The lowest BCUT2D eigenvalue weighted by molar-refractivity contribution is -0.383. The molecule has 2 N–H and O–H groups in total. The van der Waals surface area contributed by atoms with Crippen molar-refractivity contribution in [2.75, 3.05) is 23.9 Å². The van der Waals surface area contributed by atoms with Crippen LogP contribution in [0.5, 0.6) is 0 Å². The van der Waals surface area contributed by atoms with Gasteiger partial charge in [-0.25, -0.2) is 0 Å². The first-order valence-corrected chi connectivity index (χ1v) is 7.25. The highest BCUT2D eigenvalue weighted by Gasteiger charge is 2.19. The van der Waals surface area contributed by atoms with Crippen LogP contribution in [0.2, 0.25) is 0 Å². The lowest BCUT2D eigenvalue weighted by atomic mass is 10.2. The maximum absolute atomic E-state index is 11.3. The quantitative estimate of drug-likeness (QED) is 0.493. The summed E-state index contributed by atoms with van der Waals surface area (Å²) in [5.74, 6) is 0. The summed E-state index contributed by atoms with van der Waals surface area (Å²) in [4.78, 5) is 11.9. The number of nitro benzene ring substituents is 1. The number of para-hydroxylation sites is 2. The molecule has 0 atom stereocenters. The van der Waals surface area contributed by atoms with E-state index in [9.17, 15) is 10.1 Å². The Kier molecular flexibility index (Phi) is 4.47. The maximum atomic E-state index is 11.3. The SMILES string of the molecule is CNc1cccc(Nc2ccccc2SC)c1[N+](=O)[O-]. The van der Waals surface area contributed by atoms with E-state index in [0.29, 0.717) is 11.4 Å². The molecule has 104 valence electrons. The second-order valence-electron chi connectivity index (χ2n) is 4.03. The van der Waals surface area contributed by atoms with Crippen molar-refractivity contribution in [3.8, 4) is 0 Å². The molecule has 0 unspecified atom stereocenters. The third-order valence-electron chi connectivity index (χ3n) is 2.86. The summed E-state index contributed by atoms with van der Waals surface area (Å²) in [5, 5.41) is 17.3. The number of hydrogen-bond acceptors (Lipinski definition) is 5. The number of nitrogens with one attached hydrogen (secondary N) is 2. The molecule has 0 radical (unpaired) electrons. The molecule has 0 heterocycles. The first-order chi connectivity index (χ1) is 9.67. The molecule has 0 aliphatic heterocycles. The number of rotatable bonds is 5. The van der Waals surface area contributed by atoms with Crippen molar-refractivity contribution in [1.29, 1.82) is 0 Å². The topological polar surface area (TPSA) is 67.2 Å². The highest BCUT2D eigenvalue weighted by atomic mass is 32.2. The molecule has 0 saturated carbocycles. The van der Waals surface area contributed by atoms with E-state index in [-0.39, 0.29) is 10.6 Å². The average molecular weight is 289 g/mol. The summed E-state index contributed by atoms with van der Waals surface area (Å²) < 4.78 is 0. The van der Waals surface area contributed by atoms with Crippen LogP contribution in [0, 0.1) is 10.1 Å². The molecule has 0 aromatic heterocycles. The highest BCUT2D eigenvalue weighted by Crippen LogP contribution is 2.36. The van der Waals surface area contributed by atoms with Crippen LogP contribution in [0.25, 0.3) is 0 Å². The number of nitro groups is 1. The van der Waals surface area contributed by atoms with Crippen molar-refractivity contribution in [3.63, 3.8) is 0 Å². The van der Waals surface area contributed by atoms with Crippen LogP contribution in [0.3, 0.4) is 0 Å². The number of benzene rings is 2. The van der Waals surface area contributed by atoms with Crippen LogP contribution in [-0.2, 0) is 0 Å². The summed E-state index contributed by atoms with van der Waals surface area (Å²) in [7, 11) is 1.67. The van der Waals surface area contributed by atoms with E-state index in [1.807, 2.05) is 30.5 Å². The summed E-state index contributed by atoms with van der Waals surface area (Å²) in [6.45, 7) is 0. The van der Waals surface area contributed by atoms with Gasteiger partial charge in [-0.1, -0.05) is 18.2 Å². The molecule has 0 aliphatic carbocycles. The molecule has 0 aliphatic rings. The van der Waals surface area contributed by atoms with E-state index in [1.165, 1.54) is 0 Å². The zero-order chi connectivity index (χ0) is 14.5. The zero-order valence-corrected chi connectivity index (χ0v) is 12.0. The summed E-state index contributed by atoms with van der Waals surface area (Å²) in [6.07, 6.45) is 1.97. The largest absolute Gasteiger partial charge is 0.382 e. The van der Waals surface area contributed by atoms with E-state index < -0.39 is 0 Å². The Balaban J connectivity index is 2.46. The van der Waals surface area contributed by atoms with Crippen LogP contribution >= 0.6 is 11.8 Å². The van der Waals surface area contributed by atoms with Gasteiger partial charge in [-0.2, -0.15) is 0 Å². The lowest BCUT2D eigenvalue weighted by Crippen LogP contribution is -2.01. The van der Waals surface area contributed by atoms with E-state index in [1.54, 1.807) is 37.0 Å². The number of anilines is 3. The monoisotopic (exact) mass is 289 g/mol. The Labute approximate surface area is 121 Å². The van der Waals surface area contributed by atoms with Crippen molar-refractivity contribution in [2.45, 2.75) is 4.90 Å². The van der Waals surface area contributed by atoms with Crippen LogP contribution in [-0.4, -0.2) is 18.2 Å². The van der Waals surface area contributed by atoms with Crippen molar-refractivity contribution >= 4 is 34.5 Å². The minimum absolute atomic E-state index is 0.0471. The Morgan fingerprint density at radius 3 is 2.35 bits per heavy atom. The molecule has 0 bridgehead atoms. The Bertz CT molecular complexity index is 632. The molecule has 0 spiro atoms. The second kappa shape index (κ2) is 6.29. The van der Waals surface area contributed by atoms with Gasteiger partial charge in [0.2, 0.25) is 0 Å². The minimum Gasteiger partial charge on any atom is -0.382 e. The summed E-state index contributed by atoms with van der Waals surface area (Å²) in [6, 6.07) is 12.9. The van der Waals surface area contributed by atoms with E-state index in [4.69, 9.17) is 0 Å². The standard InChI is InChI=1S/C14H15N3O2S/c1-15-11-7-5-8-12(14(11)17(18)19)16-10-6-3-4-9-13(10)20-2/h3-9,15-16H,1-2H3. The molecule has 2 rings (SSSR count). The molecule has 2 aromatic rings. The molecule has 2 aromatic carbocycles. The maximum Gasteiger partial charge on any atom is 0.315 e. The van der Waals surface area contributed by atoms with Crippen LogP contribution < -0.4 is 10.6 Å². The summed E-state index contributed by atoms with van der Waals surface area (Å²) in [5.41, 5.74) is 1.87. The third-order valence-corrected chi connectivity index (χ3v) is 3.66. The van der Waals surface area contributed by atoms with Gasteiger partial charge in [0.15, 0.2) is 0 Å². The zero-order valence-electron chi connectivity index (χ0n) is 11.2. The fourth-order valence-electron chi connectivity index (χ4n) is 1.94. The molecule has 0 amide bonds. The molecular formula is C14H15N3O2S. The van der Waals surface area contributed by atoms with Crippen LogP contribution in [0.15, 0.2) is 47.4 Å². The number of hydrogen-bond donors (Lipinski definition) is 2. The predicted molar refractivity (Wildman–Crippen MR) is 84.1 cm³/mol. The molecule has 20 heavy (non-hydrogen) atoms. The van der Waals surface area contributed by atoms with Crippen molar-refractivity contribution in [3.05, 3.63) is 52.6 Å². The van der Waals surface area contributed by atoms with Gasteiger partial charge in [0, 0.05) is 11.9 Å². The van der Waals surface area contributed by atoms with Gasteiger partial charge >= 0.3 is 5.69 Å². The van der Waals surface area contributed by atoms with E-state index in [0.717, 1.165) is 10.6 Å². The van der Waals surface area contributed by atoms with Crippen molar-refractivity contribution in [2.24, 2.45) is 0 Å². The van der Waals surface area contributed by atoms with Crippen molar-refractivity contribution < 1.29 is 4.92 Å². The molecular weight excluding hydrogens is 274 g/mol. The molecule has 5 nitrogen and oxygen atoms in total. The van der Waals surface area contributed by atoms with Gasteiger partial charge in [0.05, 0.1) is 10.6 Å². The van der Waals surface area contributed by atoms with Crippen LogP contribution in [0.1, 0.15) is 0 Å². The van der Waals surface area contributed by atoms with Gasteiger partial charge in [-0.05, 0) is 30.5 Å². The fraction of sp³-hybridized carbons (Fsp3) is 0.143. The van der Waals surface area contributed by atoms with E-state index >= 15 is 0 Å². The van der Waals surface area contributed by atoms with Gasteiger partial charge in [-0.3, -0.25) is 10.1 Å². The summed E-state index contributed by atoms with van der Waals surface area (Å²) >= 11 is 1.59. The molecule has 6 heteroatoms. The number of thioether (sulfide) groups is 1. The Hall–Kier alpha value is -2.21. The number of nitrogens with zero attached hydrogens (tertiary/aromatic N) is 1. The smallest absolute Gasteiger partial charge is 0.315 e. The van der Waals surface area contributed by atoms with Gasteiger partial charge in [0.1, 0.15) is 11.4 Å². The first-order valence-electron chi connectivity index (χ1n) is 6.02. The fourth-order valence-corrected chi connectivity index (χ4v) is 2.49. The van der Waals surface area contributed by atoms with Gasteiger partial charge in [0.25, 0.3) is 0 Å². The highest BCUT2D eigenvalue weighted by molar-refractivity contribution is 7.98.